The Bertz CT molecular complexity index is 852. The maximum atomic E-state index is 12.9. The topological polar surface area (TPSA) is 56.8 Å². The van der Waals surface area contributed by atoms with Crippen molar-refractivity contribution in [3.8, 4) is 0 Å². The van der Waals surface area contributed by atoms with Crippen LogP contribution in [0.4, 0.5) is 5.69 Å². The zero-order valence-corrected chi connectivity index (χ0v) is 16.4. The Kier molecular flexibility index (Phi) is 5.48. The van der Waals surface area contributed by atoms with Crippen molar-refractivity contribution < 1.29 is 9.59 Å². The number of aromatic nitrogens is 1. The van der Waals surface area contributed by atoms with E-state index in [2.05, 4.69) is 9.88 Å². The Morgan fingerprint density at radius 2 is 1.93 bits per heavy atom. The molecule has 1 unspecified atom stereocenters. The maximum Gasteiger partial charge on any atom is 0.228 e. The monoisotopic (exact) mass is 398 g/mol. The van der Waals surface area contributed by atoms with Crippen LogP contribution in [0.25, 0.3) is 0 Å². The summed E-state index contributed by atoms with van der Waals surface area (Å²) in [4.78, 5) is 35.4. The number of carbonyl (C=O) groups excluding carboxylic acids is 2. The van der Waals surface area contributed by atoms with Gasteiger partial charge in [-0.25, -0.2) is 0 Å². The first-order chi connectivity index (χ1) is 13.6. The number of pyridine rings is 1. The van der Waals surface area contributed by atoms with Crippen LogP contribution in [-0.2, 0) is 16.1 Å². The van der Waals surface area contributed by atoms with Gasteiger partial charge in [0.2, 0.25) is 11.8 Å². The van der Waals surface area contributed by atoms with Gasteiger partial charge in [-0.1, -0.05) is 23.7 Å². The van der Waals surface area contributed by atoms with E-state index in [0.717, 1.165) is 24.5 Å². The molecule has 2 saturated heterocycles. The lowest BCUT2D eigenvalue weighted by atomic mass is 10.1. The highest BCUT2D eigenvalue weighted by Crippen LogP contribution is 2.24. The molecule has 0 bridgehead atoms. The zero-order valence-electron chi connectivity index (χ0n) is 15.6. The second-order valence-electron chi connectivity index (χ2n) is 7.29. The lowest BCUT2D eigenvalue weighted by Crippen LogP contribution is -2.50. The average molecular weight is 399 g/mol. The Morgan fingerprint density at radius 3 is 2.64 bits per heavy atom. The van der Waals surface area contributed by atoms with Crippen molar-refractivity contribution in [2.24, 2.45) is 5.92 Å². The van der Waals surface area contributed by atoms with E-state index in [0.29, 0.717) is 37.6 Å². The summed E-state index contributed by atoms with van der Waals surface area (Å²) in [5.74, 6) is -0.141. The summed E-state index contributed by atoms with van der Waals surface area (Å²) in [6.07, 6.45) is 2.01. The van der Waals surface area contributed by atoms with E-state index in [-0.39, 0.29) is 17.7 Å². The summed E-state index contributed by atoms with van der Waals surface area (Å²) in [6.45, 7) is 3.80. The third-order valence-corrected chi connectivity index (χ3v) is 5.64. The van der Waals surface area contributed by atoms with Crippen molar-refractivity contribution >= 4 is 29.1 Å². The molecule has 2 aliphatic rings. The third-order valence-electron chi connectivity index (χ3n) is 5.41. The average Bonchev–Trinajstić information content (AvgIpc) is 3.08. The van der Waals surface area contributed by atoms with Crippen LogP contribution in [-0.4, -0.2) is 59.3 Å². The van der Waals surface area contributed by atoms with Crippen molar-refractivity contribution in [2.45, 2.75) is 13.0 Å². The third kappa shape index (κ3) is 4.12. The van der Waals surface area contributed by atoms with Gasteiger partial charge in [0.15, 0.2) is 0 Å². The Labute approximate surface area is 169 Å². The summed E-state index contributed by atoms with van der Waals surface area (Å²) in [7, 11) is 0. The van der Waals surface area contributed by atoms with Gasteiger partial charge in [0, 0.05) is 56.1 Å². The van der Waals surface area contributed by atoms with Crippen molar-refractivity contribution in [1.29, 1.82) is 0 Å². The minimum Gasteiger partial charge on any atom is -0.368 e. The van der Waals surface area contributed by atoms with Gasteiger partial charge in [-0.05, 0) is 30.3 Å². The quantitative estimate of drug-likeness (QED) is 0.793. The molecule has 6 nitrogen and oxygen atoms in total. The summed E-state index contributed by atoms with van der Waals surface area (Å²) < 4.78 is 0. The molecule has 4 rings (SSSR count). The van der Waals surface area contributed by atoms with Crippen molar-refractivity contribution in [2.75, 3.05) is 37.6 Å². The molecule has 1 aromatic heterocycles. The number of anilines is 1. The fraction of sp³-hybridized carbons (Fsp3) is 0.381. The first-order valence-corrected chi connectivity index (χ1v) is 9.95. The van der Waals surface area contributed by atoms with Gasteiger partial charge in [0.25, 0.3) is 0 Å². The first kappa shape index (κ1) is 18.7. The SMILES string of the molecule is O=C1CC(C(=O)N2CCN(c3cccc(Cl)c3)CC2)CN1Cc1ccccn1. The smallest absolute Gasteiger partial charge is 0.228 e. The van der Waals surface area contributed by atoms with Gasteiger partial charge in [0.05, 0.1) is 18.2 Å². The van der Waals surface area contributed by atoms with E-state index in [1.165, 1.54) is 0 Å². The van der Waals surface area contributed by atoms with Crippen LogP contribution in [0, 0.1) is 5.92 Å². The van der Waals surface area contributed by atoms with E-state index in [1.54, 1.807) is 11.1 Å². The molecule has 2 aliphatic heterocycles. The van der Waals surface area contributed by atoms with Gasteiger partial charge in [-0.2, -0.15) is 0 Å². The Balaban J connectivity index is 1.32. The highest BCUT2D eigenvalue weighted by atomic mass is 35.5. The summed E-state index contributed by atoms with van der Waals surface area (Å²) in [6, 6.07) is 13.4. The molecule has 7 heteroatoms. The number of hydrogen-bond acceptors (Lipinski definition) is 4. The van der Waals surface area contributed by atoms with E-state index in [4.69, 9.17) is 11.6 Å². The van der Waals surface area contributed by atoms with Crippen LogP contribution in [0.3, 0.4) is 0 Å². The van der Waals surface area contributed by atoms with Crippen LogP contribution in [0.1, 0.15) is 12.1 Å². The number of carbonyl (C=O) groups is 2. The second-order valence-corrected chi connectivity index (χ2v) is 7.73. The molecule has 0 aliphatic carbocycles. The first-order valence-electron chi connectivity index (χ1n) is 9.57. The van der Waals surface area contributed by atoms with Gasteiger partial charge >= 0.3 is 0 Å². The molecule has 1 atom stereocenters. The molecule has 0 radical (unpaired) electrons. The molecule has 28 heavy (non-hydrogen) atoms. The minimum absolute atomic E-state index is 0.0292. The summed E-state index contributed by atoms with van der Waals surface area (Å²) >= 11 is 6.08. The summed E-state index contributed by atoms with van der Waals surface area (Å²) in [5, 5.41) is 0.716. The molecule has 0 spiro atoms. The number of rotatable bonds is 4. The van der Waals surface area contributed by atoms with Gasteiger partial charge in [0.1, 0.15) is 0 Å². The molecule has 2 aromatic rings. The molecule has 3 heterocycles. The lowest BCUT2D eigenvalue weighted by Gasteiger charge is -2.37. The number of hydrogen-bond donors (Lipinski definition) is 0. The molecule has 0 saturated carbocycles. The zero-order chi connectivity index (χ0) is 19.5. The van der Waals surface area contributed by atoms with Gasteiger partial charge in [-0.3, -0.25) is 14.6 Å². The predicted octanol–water partition coefficient (Wildman–Crippen LogP) is 2.43. The predicted molar refractivity (Wildman–Crippen MR) is 108 cm³/mol. The summed E-state index contributed by atoms with van der Waals surface area (Å²) in [5.41, 5.74) is 1.93. The van der Waals surface area contributed by atoms with Crippen molar-refractivity contribution in [1.82, 2.24) is 14.8 Å². The van der Waals surface area contributed by atoms with E-state index in [1.807, 2.05) is 47.4 Å². The van der Waals surface area contributed by atoms with E-state index in [9.17, 15) is 9.59 Å². The number of likely N-dealkylation sites (tertiary alicyclic amines) is 1. The lowest BCUT2D eigenvalue weighted by molar-refractivity contribution is -0.136. The van der Waals surface area contributed by atoms with Crippen LogP contribution in [0.5, 0.6) is 0 Å². The maximum absolute atomic E-state index is 12.9. The van der Waals surface area contributed by atoms with Crippen LogP contribution in [0.2, 0.25) is 5.02 Å². The van der Waals surface area contributed by atoms with Crippen LogP contribution < -0.4 is 4.90 Å². The van der Waals surface area contributed by atoms with Crippen LogP contribution in [0.15, 0.2) is 48.7 Å². The van der Waals surface area contributed by atoms with Crippen molar-refractivity contribution in [3.63, 3.8) is 0 Å². The molecule has 2 amide bonds. The molecule has 0 N–H and O–H groups in total. The normalized spacial score (nSPS) is 20.0. The second kappa shape index (κ2) is 8.19. The number of benzene rings is 1. The Morgan fingerprint density at radius 1 is 1.11 bits per heavy atom. The van der Waals surface area contributed by atoms with Crippen molar-refractivity contribution in [3.05, 3.63) is 59.4 Å². The standard InChI is InChI=1S/C21H23ClN4O2/c22-17-4-3-6-19(13-17)24-8-10-25(11-9-24)21(28)16-12-20(27)26(14-16)15-18-5-1-2-7-23-18/h1-7,13,16H,8-12,14-15H2. The van der Waals surface area contributed by atoms with Gasteiger partial charge in [-0.15, -0.1) is 0 Å². The molecule has 146 valence electrons. The minimum atomic E-state index is -0.256. The molecule has 1 aromatic carbocycles. The Hall–Kier alpha value is -2.60. The molecule has 2 fully saturated rings. The van der Waals surface area contributed by atoms with Crippen LogP contribution >= 0.6 is 11.6 Å². The highest BCUT2D eigenvalue weighted by Gasteiger charge is 2.37. The van der Waals surface area contributed by atoms with Gasteiger partial charge < -0.3 is 14.7 Å². The van der Waals surface area contributed by atoms with E-state index < -0.39 is 0 Å². The van der Waals surface area contributed by atoms with E-state index >= 15 is 0 Å². The molecular formula is C21H23ClN4O2. The molecular weight excluding hydrogens is 376 g/mol. The largest absolute Gasteiger partial charge is 0.368 e. The fourth-order valence-electron chi connectivity index (χ4n) is 3.89. The highest BCUT2D eigenvalue weighted by molar-refractivity contribution is 6.30. The fourth-order valence-corrected chi connectivity index (χ4v) is 4.08. The number of nitrogens with zero attached hydrogens (tertiary/aromatic N) is 4. The number of piperazine rings is 1. The number of halogens is 1. The number of amides is 2.